The fourth-order valence-corrected chi connectivity index (χ4v) is 1.47. The van der Waals surface area contributed by atoms with Crippen molar-refractivity contribution < 1.29 is 29.3 Å². The minimum absolute atomic E-state index is 0.0488. The van der Waals surface area contributed by atoms with Crippen LogP contribution in [0.1, 0.15) is 12.5 Å². The molecule has 0 aromatic heterocycles. The van der Waals surface area contributed by atoms with Crippen molar-refractivity contribution in [2.24, 2.45) is 0 Å². The Hall–Kier alpha value is -2.12. The molecule has 0 aliphatic rings. The molecular formula is C14H19NO6. The lowest BCUT2D eigenvalue weighted by Gasteiger charge is -2.29. The van der Waals surface area contributed by atoms with E-state index in [1.54, 1.807) is 12.1 Å². The zero-order chi connectivity index (χ0) is 15.7. The number of alkyl carbamates (subject to hydrolysis) is 1. The van der Waals surface area contributed by atoms with Crippen molar-refractivity contribution in [3.8, 4) is 0 Å². The number of benzene rings is 1. The number of rotatable bonds is 7. The molecule has 7 heteroatoms. The fourth-order valence-electron chi connectivity index (χ4n) is 1.47. The number of carbonyl (C=O) groups excluding carboxylic acids is 2. The van der Waals surface area contributed by atoms with Crippen molar-refractivity contribution in [3.63, 3.8) is 0 Å². The summed E-state index contributed by atoms with van der Waals surface area (Å²) in [6, 6.07) is 9.03. The first-order valence-corrected chi connectivity index (χ1v) is 6.35. The summed E-state index contributed by atoms with van der Waals surface area (Å²) < 4.78 is 9.70. The van der Waals surface area contributed by atoms with Crippen LogP contribution in [0, 0.1) is 0 Å². The van der Waals surface area contributed by atoms with Gasteiger partial charge in [-0.25, -0.2) is 4.79 Å². The van der Waals surface area contributed by atoms with Gasteiger partial charge in [0.2, 0.25) is 0 Å². The second-order valence-electron chi connectivity index (χ2n) is 4.56. The molecule has 0 aliphatic carbocycles. The largest absolute Gasteiger partial charge is 0.463 e. The molecule has 0 atom stereocenters. The van der Waals surface area contributed by atoms with Gasteiger partial charge in [-0.3, -0.25) is 4.79 Å². The van der Waals surface area contributed by atoms with Crippen LogP contribution in [0.3, 0.4) is 0 Å². The van der Waals surface area contributed by atoms with E-state index in [0.29, 0.717) is 0 Å². The molecule has 7 nitrogen and oxygen atoms in total. The van der Waals surface area contributed by atoms with Gasteiger partial charge in [-0.05, 0) is 5.56 Å². The Bertz CT molecular complexity index is 458. The Labute approximate surface area is 122 Å². The number of aliphatic hydroxyl groups excluding tert-OH is 2. The van der Waals surface area contributed by atoms with Gasteiger partial charge in [-0.1, -0.05) is 30.3 Å². The molecule has 3 N–H and O–H groups in total. The molecule has 0 radical (unpaired) electrons. The molecule has 0 unspecified atom stereocenters. The Balaban J connectivity index is 2.53. The van der Waals surface area contributed by atoms with Crippen LogP contribution in [0.5, 0.6) is 0 Å². The molecule has 1 rings (SSSR count). The molecule has 0 aliphatic heterocycles. The Kier molecular flexibility index (Phi) is 6.64. The fraction of sp³-hybridized carbons (Fsp3) is 0.429. The van der Waals surface area contributed by atoms with E-state index in [4.69, 9.17) is 9.47 Å². The standard InChI is InChI=1S/C14H19NO6/c1-11(18)21-10-14(8-16,9-17)15-13(19)20-7-12-5-3-2-4-6-12/h2-6,16-17H,7-10H2,1H3,(H,15,19). The van der Waals surface area contributed by atoms with Crippen molar-refractivity contribution in [3.05, 3.63) is 35.9 Å². The number of esters is 1. The average molecular weight is 297 g/mol. The predicted octanol–water partition coefficient (Wildman–Crippen LogP) is 0.199. The monoisotopic (exact) mass is 297 g/mol. The van der Waals surface area contributed by atoms with Gasteiger partial charge in [-0.15, -0.1) is 0 Å². The summed E-state index contributed by atoms with van der Waals surface area (Å²) in [5.74, 6) is -0.583. The summed E-state index contributed by atoms with van der Waals surface area (Å²) in [5.41, 5.74) is -0.675. The lowest BCUT2D eigenvalue weighted by molar-refractivity contribution is -0.144. The van der Waals surface area contributed by atoms with Gasteiger partial charge in [0.25, 0.3) is 0 Å². The van der Waals surface area contributed by atoms with E-state index in [0.717, 1.165) is 5.56 Å². The summed E-state index contributed by atoms with van der Waals surface area (Å²) in [6.45, 7) is -0.315. The summed E-state index contributed by atoms with van der Waals surface area (Å²) in [4.78, 5) is 22.5. The van der Waals surface area contributed by atoms with Crippen LogP contribution in [0.15, 0.2) is 30.3 Å². The summed E-state index contributed by atoms with van der Waals surface area (Å²) >= 11 is 0. The summed E-state index contributed by atoms with van der Waals surface area (Å²) in [6.07, 6.45) is -0.825. The van der Waals surface area contributed by atoms with E-state index in [-0.39, 0.29) is 13.2 Å². The van der Waals surface area contributed by atoms with Crippen LogP contribution in [0.25, 0.3) is 0 Å². The third-order valence-corrected chi connectivity index (χ3v) is 2.74. The molecule has 0 spiro atoms. The number of amides is 1. The van der Waals surface area contributed by atoms with Gasteiger partial charge in [0.05, 0.1) is 13.2 Å². The lowest BCUT2D eigenvalue weighted by Crippen LogP contribution is -2.57. The second-order valence-corrected chi connectivity index (χ2v) is 4.56. The normalized spacial score (nSPS) is 10.8. The molecule has 0 bridgehead atoms. The smallest absolute Gasteiger partial charge is 0.408 e. The number of ether oxygens (including phenoxy) is 2. The van der Waals surface area contributed by atoms with Crippen molar-refractivity contribution in [2.75, 3.05) is 19.8 Å². The van der Waals surface area contributed by atoms with Crippen LogP contribution in [-0.4, -0.2) is 47.6 Å². The second kappa shape index (κ2) is 8.23. The van der Waals surface area contributed by atoms with E-state index in [2.05, 4.69) is 5.32 Å². The highest BCUT2D eigenvalue weighted by atomic mass is 16.6. The van der Waals surface area contributed by atoms with Gasteiger partial charge in [0.15, 0.2) is 0 Å². The van der Waals surface area contributed by atoms with Gasteiger partial charge >= 0.3 is 12.1 Å². The molecule has 116 valence electrons. The van der Waals surface area contributed by atoms with Crippen LogP contribution >= 0.6 is 0 Å². The van der Waals surface area contributed by atoms with Crippen molar-refractivity contribution in [2.45, 2.75) is 19.1 Å². The van der Waals surface area contributed by atoms with Gasteiger partial charge in [0.1, 0.15) is 18.8 Å². The Morgan fingerprint density at radius 3 is 2.29 bits per heavy atom. The Morgan fingerprint density at radius 1 is 1.14 bits per heavy atom. The summed E-state index contributed by atoms with van der Waals surface area (Å²) in [7, 11) is 0. The SMILES string of the molecule is CC(=O)OCC(CO)(CO)NC(=O)OCc1ccccc1. The molecule has 1 aromatic carbocycles. The first kappa shape index (κ1) is 16.9. The number of aliphatic hydroxyl groups is 2. The van der Waals surface area contributed by atoms with E-state index >= 15 is 0 Å². The third kappa shape index (κ3) is 5.80. The zero-order valence-corrected chi connectivity index (χ0v) is 11.7. The highest BCUT2D eigenvalue weighted by Gasteiger charge is 2.33. The maximum atomic E-state index is 11.7. The molecule has 1 aromatic rings. The number of hydrogen-bond donors (Lipinski definition) is 3. The van der Waals surface area contributed by atoms with E-state index in [1.165, 1.54) is 6.92 Å². The maximum absolute atomic E-state index is 11.7. The maximum Gasteiger partial charge on any atom is 0.408 e. The minimum Gasteiger partial charge on any atom is -0.463 e. The number of hydrogen-bond acceptors (Lipinski definition) is 6. The van der Waals surface area contributed by atoms with Gasteiger partial charge < -0.3 is 25.0 Å². The molecule has 0 saturated carbocycles. The van der Waals surface area contributed by atoms with Gasteiger partial charge in [0, 0.05) is 6.92 Å². The van der Waals surface area contributed by atoms with E-state index in [1.807, 2.05) is 18.2 Å². The molecule has 0 heterocycles. The first-order valence-electron chi connectivity index (χ1n) is 6.35. The van der Waals surface area contributed by atoms with Crippen molar-refractivity contribution in [1.29, 1.82) is 0 Å². The van der Waals surface area contributed by atoms with Crippen LogP contribution in [0.4, 0.5) is 4.79 Å². The highest BCUT2D eigenvalue weighted by Crippen LogP contribution is 2.07. The highest BCUT2D eigenvalue weighted by molar-refractivity contribution is 5.69. The van der Waals surface area contributed by atoms with Crippen molar-refractivity contribution >= 4 is 12.1 Å². The first-order chi connectivity index (χ1) is 10.0. The minimum atomic E-state index is -1.47. The average Bonchev–Trinajstić information content (AvgIpc) is 2.50. The molecule has 1 amide bonds. The quantitative estimate of drug-likeness (QED) is 0.621. The van der Waals surface area contributed by atoms with Gasteiger partial charge in [-0.2, -0.15) is 0 Å². The number of carbonyl (C=O) groups is 2. The molecular weight excluding hydrogens is 278 g/mol. The molecule has 21 heavy (non-hydrogen) atoms. The topological polar surface area (TPSA) is 105 Å². The third-order valence-electron chi connectivity index (χ3n) is 2.74. The summed E-state index contributed by atoms with van der Waals surface area (Å²) in [5, 5.41) is 20.9. The molecule has 0 fully saturated rings. The molecule has 0 saturated heterocycles. The zero-order valence-electron chi connectivity index (χ0n) is 11.7. The van der Waals surface area contributed by atoms with Crippen LogP contribution in [-0.2, 0) is 20.9 Å². The Morgan fingerprint density at radius 2 is 1.76 bits per heavy atom. The van der Waals surface area contributed by atoms with Crippen LogP contribution in [0.2, 0.25) is 0 Å². The van der Waals surface area contributed by atoms with Crippen molar-refractivity contribution in [1.82, 2.24) is 5.32 Å². The van der Waals surface area contributed by atoms with E-state index < -0.39 is 30.8 Å². The number of nitrogens with one attached hydrogen (secondary N) is 1. The van der Waals surface area contributed by atoms with Crippen LogP contribution < -0.4 is 5.32 Å². The predicted molar refractivity (Wildman–Crippen MR) is 73.3 cm³/mol. The van der Waals surface area contributed by atoms with E-state index in [9.17, 15) is 19.8 Å². The lowest BCUT2D eigenvalue weighted by atomic mass is 10.0.